The first-order valence-electron chi connectivity index (χ1n) is 7.61. The number of aryl methyl sites for hydroxylation is 1. The molecule has 0 unspecified atom stereocenters. The van der Waals surface area contributed by atoms with E-state index in [1.54, 1.807) is 19.2 Å². The second kappa shape index (κ2) is 6.51. The third-order valence-corrected chi connectivity index (χ3v) is 5.05. The zero-order valence-corrected chi connectivity index (χ0v) is 15.0. The largest absolute Gasteiger partial charge is 0.360 e. The fourth-order valence-electron chi connectivity index (χ4n) is 2.63. The molecule has 0 spiro atoms. The number of thiophene rings is 1. The molecule has 0 aliphatic heterocycles. The van der Waals surface area contributed by atoms with Gasteiger partial charge in [-0.15, -0.1) is 11.3 Å². The third-order valence-electron chi connectivity index (χ3n) is 3.85. The standard InChI is InChI=1S/C18H11ClFN3O2S/c1-10-15(17(22-25-10)16-11(19)4-2-5-12(16)20)18(24)23-8-7-13(21-23)14-6-3-9-26-14/h2-9H,1H3. The van der Waals surface area contributed by atoms with Crippen molar-refractivity contribution in [2.24, 2.45) is 0 Å². The van der Waals surface area contributed by atoms with Crippen LogP contribution in [0, 0.1) is 12.7 Å². The van der Waals surface area contributed by atoms with Crippen LogP contribution in [0.4, 0.5) is 4.39 Å². The first-order valence-corrected chi connectivity index (χ1v) is 8.87. The first kappa shape index (κ1) is 16.7. The van der Waals surface area contributed by atoms with Crippen molar-refractivity contribution < 1.29 is 13.7 Å². The van der Waals surface area contributed by atoms with E-state index in [1.807, 2.05) is 17.5 Å². The molecule has 1 aromatic carbocycles. The highest BCUT2D eigenvalue weighted by Gasteiger charge is 2.27. The van der Waals surface area contributed by atoms with E-state index in [0.29, 0.717) is 5.69 Å². The van der Waals surface area contributed by atoms with Crippen molar-refractivity contribution in [3.05, 3.63) is 70.1 Å². The van der Waals surface area contributed by atoms with E-state index >= 15 is 0 Å². The van der Waals surface area contributed by atoms with Crippen molar-refractivity contribution in [3.8, 4) is 21.8 Å². The summed E-state index contributed by atoms with van der Waals surface area (Å²) in [6.07, 6.45) is 1.55. The SMILES string of the molecule is Cc1onc(-c2c(F)cccc2Cl)c1C(=O)n1ccc(-c2cccs2)n1. The fraction of sp³-hybridized carbons (Fsp3) is 0.0556. The number of rotatable bonds is 3. The number of nitrogens with zero attached hydrogens (tertiary/aromatic N) is 3. The van der Waals surface area contributed by atoms with Crippen molar-refractivity contribution in [3.63, 3.8) is 0 Å². The second-order valence-corrected chi connectivity index (χ2v) is 6.84. The van der Waals surface area contributed by atoms with E-state index in [2.05, 4.69) is 10.3 Å². The van der Waals surface area contributed by atoms with Gasteiger partial charge >= 0.3 is 0 Å². The molecule has 0 N–H and O–H groups in total. The van der Waals surface area contributed by atoms with Crippen LogP contribution >= 0.6 is 22.9 Å². The summed E-state index contributed by atoms with van der Waals surface area (Å²) in [5.74, 6) is -0.794. The molecule has 0 aliphatic carbocycles. The zero-order valence-electron chi connectivity index (χ0n) is 13.4. The van der Waals surface area contributed by atoms with E-state index in [4.69, 9.17) is 16.1 Å². The minimum absolute atomic E-state index is 0.0278. The maximum absolute atomic E-state index is 14.3. The van der Waals surface area contributed by atoms with E-state index in [9.17, 15) is 9.18 Å². The number of hydrogen-bond donors (Lipinski definition) is 0. The van der Waals surface area contributed by atoms with Crippen molar-refractivity contribution in [1.29, 1.82) is 0 Å². The summed E-state index contributed by atoms with van der Waals surface area (Å²) in [6.45, 7) is 1.59. The Morgan fingerprint density at radius 3 is 2.85 bits per heavy atom. The van der Waals surface area contributed by atoms with Gasteiger partial charge < -0.3 is 4.52 Å². The van der Waals surface area contributed by atoms with Gasteiger partial charge in [-0.05, 0) is 36.6 Å². The fourth-order valence-corrected chi connectivity index (χ4v) is 3.57. The Balaban J connectivity index is 1.80. The van der Waals surface area contributed by atoms with Crippen LogP contribution in [-0.4, -0.2) is 20.8 Å². The normalized spacial score (nSPS) is 11.0. The highest BCUT2D eigenvalue weighted by molar-refractivity contribution is 7.13. The third kappa shape index (κ3) is 2.75. The van der Waals surface area contributed by atoms with Gasteiger partial charge in [-0.1, -0.05) is 28.9 Å². The van der Waals surface area contributed by atoms with Gasteiger partial charge in [0.05, 0.1) is 15.5 Å². The minimum atomic E-state index is -0.584. The summed E-state index contributed by atoms with van der Waals surface area (Å²) in [7, 11) is 0. The monoisotopic (exact) mass is 387 g/mol. The van der Waals surface area contributed by atoms with Crippen LogP contribution in [0.25, 0.3) is 21.8 Å². The van der Waals surface area contributed by atoms with Crippen LogP contribution in [0.2, 0.25) is 5.02 Å². The molecule has 4 rings (SSSR count). The van der Waals surface area contributed by atoms with Gasteiger partial charge in [0.25, 0.3) is 5.91 Å². The van der Waals surface area contributed by atoms with E-state index in [0.717, 1.165) is 4.88 Å². The highest BCUT2D eigenvalue weighted by atomic mass is 35.5. The van der Waals surface area contributed by atoms with Crippen LogP contribution in [0.3, 0.4) is 0 Å². The molecule has 3 heterocycles. The Kier molecular flexibility index (Phi) is 4.18. The molecule has 0 fully saturated rings. The summed E-state index contributed by atoms with van der Waals surface area (Å²) < 4.78 is 20.6. The molecule has 8 heteroatoms. The average molecular weight is 388 g/mol. The van der Waals surface area contributed by atoms with Gasteiger partial charge in [0, 0.05) is 6.20 Å². The minimum Gasteiger partial charge on any atom is -0.360 e. The van der Waals surface area contributed by atoms with Gasteiger partial charge in [-0.2, -0.15) is 5.10 Å². The molecule has 0 atom stereocenters. The molecule has 0 saturated carbocycles. The number of carbonyl (C=O) groups is 1. The van der Waals surface area contributed by atoms with Crippen LogP contribution in [0.15, 0.2) is 52.5 Å². The van der Waals surface area contributed by atoms with Crippen LogP contribution in [0.1, 0.15) is 16.1 Å². The molecule has 0 saturated heterocycles. The van der Waals surface area contributed by atoms with Crippen molar-refractivity contribution >= 4 is 28.8 Å². The Hall–Kier alpha value is -2.77. The van der Waals surface area contributed by atoms with Gasteiger partial charge in [0.15, 0.2) is 0 Å². The topological polar surface area (TPSA) is 60.9 Å². The lowest BCUT2D eigenvalue weighted by Crippen LogP contribution is -2.14. The smallest absolute Gasteiger partial charge is 0.284 e. The first-order chi connectivity index (χ1) is 12.6. The molecule has 130 valence electrons. The Morgan fingerprint density at radius 1 is 1.27 bits per heavy atom. The van der Waals surface area contributed by atoms with E-state index in [1.165, 1.54) is 34.2 Å². The quantitative estimate of drug-likeness (QED) is 0.493. The summed E-state index contributed by atoms with van der Waals surface area (Å²) in [6, 6.07) is 9.82. The average Bonchev–Trinajstić information content (AvgIpc) is 3.35. The Labute approximate surface area is 156 Å². The summed E-state index contributed by atoms with van der Waals surface area (Å²) in [4.78, 5) is 13.9. The van der Waals surface area contributed by atoms with E-state index < -0.39 is 11.7 Å². The number of carbonyl (C=O) groups excluding carboxylic acids is 1. The van der Waals surface area contributed by atoms with Crippen LogP contribution in [0.5, 0.6) is 0 Å². The van der Waals surface area contributed by atoms with Crippen LogP contribution < -0.4 is 0 Å². The Bertz CT molecular complexity index is 1080. The molecule has 0 aliphatic rings. The summed E-state index contributed by atoms with van der Waals surface area (Å²) in [5.41, 5.74) is 0.884. The van der Waals surface area contributed by atoms with Gasteiger partial charge in [-0.3, -0.25) is 4.79 Å². The lowest BCUT2D eigenvalue weighted by molar-refractivity contribution is 0.0944. The molecular formula is C18H11ClFN3O2S. The van der Waals surface area contributed by atoms with Crippen molar-refractivity contribution in [2.75, 3.05) is 0 Å². The lowest BCUT2D eigenvalue weighted by Gasteiger charge is -2.05. The molecule has 0 bridgehead atoms. The Morgan fingerprint density at radius 2 is 2.12 bits per heavy atom. The number of hydrogen-bond acceptors (Lipinski definition) is 5. The predicted octanol–water partition coefficient (Wildman–Crippen LogP) is 5.06. The number of benzene rings is 1. The van der Waals surface area contributed by atoms with Gasteiger partial charge in [0.2, 0.25) is 0 Å². The number of halogens is 2. The van der Waals surface area contributed by atoms with E-state index in [-0.39, 0.29) is 27.6 Å². The predicted molar refractivity (Wildman–Crippen MR) is 96.9 cm³/mol. The van der Waals surface area contributed by atoms with Crippen LogP contribution in [-0.2, 0) is 0 Å². The summed E-state index contributed by atoms with van der Waals surface area (Å²) >= 11 is 7.63. The molecule has 4 aromatic rings. The number of aromatic nitrogens is 3. The van der Waals surface area contributed by atoms with Gasteiger partial charge in [-0.25, -0.2) is 9.07 Å². The zero-order chi connectivity index (χ0) is 18.3. The molecule has 26 heavy (non-hydrogen) atoms. The molecule has 5 nitrogen and oxygen atoms in total. The van der Waals surface area contributed by atoms with Gasteiger partial charge in [0.1, 0.15) is 28.5 Å². The highest BCUT2D eigenvalue weighted by Crippen LogP contribution is 2.34. The van der Waals surface area contributed by atoms with Crippen molar-refractivity contribution in [2.45, 2.75) is 6.92 Å². The van der Waals surface area contributed by atoms with Crippen molar-refractivity contribution in [1.82, 2.24) is 14.9 Å². The summed E-state index contributed by atoms with van der Waals surface area (Å²) in [5, 5.41) is 10.2. The molecule has 0 amide bonds. The maximum Gasteiger partial charge on any atom is 0.284 e. The lowest BCUT2D eigenvalue weighted by atomic mass is 10.1. The molecular weight excluding hydrogens is 377 g/mol. The molecule has 0 radical (unpaired) electrons. The second-order valence-electron chi connectivity index (χ2n) is 5.49. The molecule has 3 aromatic heterocycles. The maximum atomic E-state index is 14.3.